The molecule has 5 nitrogen and oxygen atoms in total. The lowest BCUT2D eigenvalue weighted by atomic mass is 9.92. The number of hydrogen-bond acceptors (Lipinski definition) is 4. The Hall–Kier alpha value is -2.04. The van der Waals surface area contributed by atoms with Crippen LogP contribution >= 0.6 is 0 Å². The maximum absolute atomic E-state index is 12.2. The van der Waals surface area contributed by atoms with E-state index in [4.69, 9.17) is 10.5 Å². The van der Waals surface area contributed by atoms with Gasteiger partial charge < -0.3 is 10.5 Å². The van der Waals surface area contributed by atoms with Crippen molar-refractivity contribution in [2.24, 2.45) is 5.41 Å². The zero-order chi connectivity index (χ0) is 14.2. The fourth-order valence-electron chi connectivity index (χ4n) is 2.28. The third kappa shape index (κ3) is 2.41. The molecule has 19 heavy (non-hydrogen) atoms. The van der Waals surface area contributed by atoms with Gasteiger partial charge in [-0.3, -0.25) is 14.5 Å². The quantitative estimate of drug-likeness (QED) is 0.662. The summed E-state index contributed by atoms with van der Waals surface area (Å²) in [6.45, 7) is 3.77. The summed E-state index contributed by atoms with van der Waals surface area (Å²) < 4.78 is 5.23. The Morgan fingerprint density at radius 3 is 2.58 bits per heavy atom. The molecular formula is C14H18N2O3. The van der Waals surface area contributed by atoms with Crippen LogP contribution in [0.5, 0.6) is 5.75 Å². The molecule has 0 radical (unpaired) electrons. The van der Waals surface area contributed by atoms with Gasteiger partial charge in [0.1, 0.15) is 5.75 Å². The number of rotatable bonds is 3. The van der Waals surface area contributed by atoms with Crippen molar-refractivity contribution >= 4 is 17.5 Å². The summed E-state index contributed by atoms with van der Waals surface area (Å²) in [6.07, 6.45) is 0.246. The van der Waals surface area contributed by atoms with Gasteiger partial charge in [-0.25, -0.2) is 0 Å². The molecule has 1 aliphatic heterocycles. The van der Waals surface area contributed by atoms with Crippen LogP contribution in [0.25, 0.3) is 0 Å². The molecule has 2 N–H and O–H groups in total. The molecule has 1 aromatic rings. The van der Waals surface area contributed by atoms with E-state index in [1.165, 1.54) is 4.90 Å². The van der Waals surface area contributed by atoms with Crippen LogP contribution in [0, 0.1) is 5.41 Å². The van der Waals surface area contributed by atoms with Crippen LogP contribution in [0.4, 0.5) is 5.69 Å². The van der Waals surface area contributed by atoms with Crippen molar-refractivity contribution in [1.29, 1.82) is 0 Å². The van der Waals surface area contributed by atoms with Crippen LogP contribution in [0.3, 0.4) is 0 Å². The summed E-state index contributed by atoms with van der Waals surface area (Å²) in [5, 5.41) is 0. The van der Waals surface area contributed by atoms with Crippen molar-refractivity contribution in [3.8, 4) is 5.75 Å². The highest BCUT2D eigenvalue weighted by atomic mass is 16.5. The normalized spacial score (nSPS) is 17.9. The third-order valence-electron chi connectivity index (χ3n) is 3.35. The van der Waals surface area contributed by atoms with Gasteiger partial charge in [-0.1, -0.05) is 13.8 Å². The highest BCUT2D eigenvalue weighted by Gasteiger charge is 2.44. The predicted octanol–water partition coefficient (Wildman–Crippen LogP) is 1.56. The van der Waals surface area contributed by atoms with E-state index < -0.39 is 5.41 Å². The Bertz CT molecular complexity index is 537. The molecule has 0 spiro atoms. The van der Waals surface area contributed by atoms with Crippen LogP contribution in [-0.2, 0) is 16.1 Å². The molecule has 0 saturated carbocycles. The summed E-state index contributed by atoms with van der Waals surface area (Å²) in [7, 11) is 1.55. The zero-order valence-corrected chi connectivity index (χ0v) is 11.4. The molecule has 1 aliphatic rings. The monoisotopic (exact) mass is 262 g/mol. The van der Waals surface area contributed by atoms with Crippen LogP contribution in [-0.4, -0.2) is 23.8 Å². The van der Waals surface area contributed by atoms with Gasteiger partial charge >= 0.3 is 0 Å². The standard InChI is InChI=1S/C14H18N2O3/c1-14(2)7-12(17)16(13(14)18)8-9-6-10(15)4-5-11(9)19-3/h4-6H,7-8,15H2,1-3H3. The molecule has 1 saturated heterocycles. The van der Waals surface area contributed by atoms with E-state index in [1.54, 1.807) is 39.2 Å². The first-order valence-electron chi connectivity index (χ1n) is 6.12. The van der Waals surface area contributed by atoms with Crippen molar-refractivity contribution in [1.82, 2.24) is 4.90 Å². The van der Waals surface area contributed by atoms with E-state index in [2.05, 4.69) is 0 Å². The highest BCUT2D eigenvalue weighted by molar-refractivity contribution is 6.05. The number of nitrogen functional groups attached to an aromatic ring is 1. The van der Waals surface area contributed by atoms with E-state index >= 15 is 0 Å². The average molecular weight is 262 g/mol. The Balaban J connectivity index is 2.29. The fraction of sp³-hybridized carbons (Fsp3) is 0.429. The topological polar surface area (TPSA) is 72.6 Å². The Kier molecular flexibility index (Phi) is 3.22. The van der Waals surface area contributed by atoms with Crippen LogP contribution < -0.4 is 10.5 Å². The van der Waals surface area contributed by atoms with Gasteiger partial charge in [0.25, 0.3) is 0 Å². The minimum Gasteiger partial charge on any atom is -0.496 e. The zero-order valence-electron chi connectivity index (χ0n) is 11.4. The minimum atomic E-state index is -0.620. The first-order valence-corrected chi connectivity index (χ1v) is 6.12. The van der Waals surface area contributed by atoms with Crippen molar-refractivity contribution in [2.45, 2.75) is 26.8 Å². The third-order valence-corrected chi connectivity index (χ3v) is 3.35. The molecule has 5 heteroatoms. The number of anilines is 1. The van der Waals surface area contributed by atoms with Crippen molar-refractivity contribution in [3.05, 3.63) is 23.8 Å². The van der Waals surface area contributed by atoms with Gasteiger partial charge in [0.15, 0.2) is 0 Å². The van der Waals surface area contributed by atoms with Gasteiger partial charge in [-0.2, -0.15) is 0 Å². The molecule has 102 valence electrons. The first-order chi connectivity index (χ1) is 8.85. The number of hydrogen-bond donors (Lipinski definition) is 1. The van der Waals surface area contributed by atoms with E-state index in [0.717, 1.165) is 5.56 Å². The van der Waals surface area contributed by atoms with E-state index in [0.29, 0.717) is 11.4 Å². The lowest BCUT2D eigenvalue weighted by Gasteiger charge is -2.19. The Morgan fingerprint density at radius 2 is 2.05 bits per heavy atom. The molecule has 0 aromatic heterocycles. The Labute approximate surface area is 112 Å². The number of amides is 2. The van der Waals surface area contributed by atoms with Crippen molar-refractivity contribution in [2.75, 3.05) is 12.8 Å². The number of methoxy groups -OCH3 is 1. The summed E-state index contributed by atoms with van der Waals surface area (Å²) in [5.74, 6) is 0.320. The van der Waals surface area contributed by atoms with Crippen molar-refractivity contribution in [3.63, 3.8) is 0 Å². The maximum atomic E-state index is 12.2. The summed E-state index contributed by atoms with van der Waals surface area (Å²) >= 11 is 0. The van der Waals surface area contributed by atoms with Crippen molar-refractivity contribution < 1.29 is 14.3 Å². The molecule has 0 aliphatic carbocycles. The summed E-state index contributed by atoms with van der Waals surface area (Å²) in [4.78, 5) is 25.4. The van der Waals surface area contributed by atoms with Gasteiger partial charge in [-0.15, -0.1) is 0 Å². The smallest absolute Gasteiger partial charge is 0.235 e. The predicted molar refractivity (Wildman–Crippen MR) is 71.4 cm³/mol. The fourth-order valence-corrected chi connectivity index (χ4v) is 2.28. The minimum absolute atomic E-state index is 0.151. The average Bonchev–Trinajstić information content (AvgIpc) is 2.52. The molecule has 1 heterocycles. The molecule has 0 unspecified atom stereocenters. The number of likely N-dealkylation sites (tertiary alicyclic amines) is 1. The number of ether oxygens (including phenoxy) is 1. The highest BCUT2D eigenvalue weighted by Crippen LogP contribution is 2.34. The lowest BCUT2D eigenvalue weighted by Crippen LogP contribution is -2.32. The molecule has 0 atom stereocenters. The largest absolute Gasteiger partial charge is 0.496 e. The van der Waals surface area contributed by atoms with Crippen LogP contribution in [0.2, 0.25) is 0 Å². The van der Waals surface area contributed by atoms with E-state index in [9.17, 15) is 9.59 Å². The van der Waals surface area contributed by atoms with Gasteiger partial charge in [-0.05, 0) is 18.2 Å². The molecule has 2 amide bonds. The first kappa shape index (κ1) is 13.4. The SMILES string of the molecule is COc1ccc(N)cc1CN1C(=O)CC(C)(C)C1=O. The number of imide groups is 1. The van der Waals surface area contributed by atoms with E-state index in [-0.39, 0.29) is 24.8 Å². The second kappa shape index (κ2) is 4.57. The van der Waals surface area contributed by atoms with Gasteiger partial charge in [0, 0.05) is 17.7 Å². The van der Waals surface area contributed by atoms with Crippen LogP contribution in [0.15, 0.2) is 18.2 Å². The number of nitrogens with two attached hydrogens (primary N) is 1. The molecule has 0 bridgehead atoms. The second-order valence-corrected chi connectivity index (χ2v) is 5.42. The van der Waals surface area contributed by atoms with Gasteiger partial charge in [0.2, 0.25) is 11.8 Å². The molecule has 2 rings (SSSR count). The Morgan fingerprint density at radius 1 is 1.37 bits per heavy atom. The lowest BCUT2D eigenvalue weighted by molar-refractivity contribution is -0.141. The van der Waals surface area contributed by atoms with Gasteiger partial charge in [0.05, 0.1) is 19.1 Å². The van der Waals surface area contributed by atoms with E-state index in [1.807, 2.05) is 0 Å². The number of nitrogens with zero attached hydrogens (tertiary/aromatic N) is 1. The molecule has 1 fully saturated rings. The number of benzene rings is 1. The maximum Gasteiger partial charge on any atom is 0.235 e. The summed E-state index contributed by atoms with van der Waals surface area (Å²) in [6, 6.07) is 5.19. The molecule has 1 aromatic carbocycles. The van der Waals surface area contributed by atoms with Crippen LogP contribution in [0.1, 0.15) is 25.8 Å². The second-order valence-electron chi connectivity index (χ2n) is 5.42. The number of carbonyl (C=O) groups is 2. The molecular weight excluding hydrogens is 244 g/mol. The number of carbonyl (C=O) groups excluding carboxylic acids is 2. The summed E-state index contributed by atoms with van der Waals surface area (Å²) in [5.41, 5.74) is 6.43.